The second-order valence-electron chi connectivity index (χ2n) is 4.81. The molecule has 5 nitrogen and oxygen atoms in total. The first-order valence-corrected chi connectivity index (χ1v) is 6.35. The van der Waals surface area contributed by atoms with Gasteiger partial charge in [-0.2, -0.15) is 0 Å². The molecule has 6 heteroatoms. The number of aromatic nitrogens is 1. The number of carbonyl (C=O) groups is 2. The van der Waals surface area contributed by atoms with Crippen molar-refractivity contribution in [3.8, 4) is 0 Å². The van der Waals surface area contributed by atoms with Gasteiger partial charge in [0.25, 0.3) is 5.91 Å². The molecule has 0 fully saturated rings. The Kier molecular flexibility index (Phi) is 5.30. The van der Waals surface area contributed by atoms with E-state index in [1.807, 2.05) is 13.8 Å². The Hall–Kier alpha value is -1.62. The third-order valence-electron chi connectivity index (χ3n) is 2.49. The summed E-state index contributed by atoms with van der Waals surface area (Å²) in [7, 11) is 0. The molecule has 0 unspecified atom stereocenters. The van der Waals surface area contributed by atoms with Gasteiger partial charge in [0.2, 0.25) is 0 Å². The van der Waals surface area contributed by atoms with Crippen LogP contribution in [0.25, 0.3) is 0 Å². The zero-order chi connectivity index (χ0) is 14.6. The lowest BCUT2D eigenvalue weighted by atomic mass is 10.0. The first kappa shape index (κ1) is 15.4. The lowest BCUT2D eigenvalue weighted by Gasteiger charge is -2.16. The van der Waals surface area contributed by atoms with E-state index in [0.29, 0.717) is 17.7 Å². The summed E-state index contributed by atoms with van der Waals surface area (Å²) in [5.41, 5.74) is 0.917. The maximum atomic E-state index is 12.0. The average molecular weight is 285 g/mol. The lowest BCUT2D eigenvalue weighted by Crippen LogP contribution is -2.41. The van der Waals surface area contributed by atoms with E-state index in [4.69, 9.17) is 16.7 Å². The number of aliphatic carboxylic acids is 1. The van der Waals surface area contributed by atoms with Crippen molar-refractivity contribution in [1.82, 2.24) is 10.3 Å². The number of nitrogens with one attached hydrogen (secondary N) is 1. The third-order valence-corrected chi connectivity index (χ3v) is 2.69. The SMILES string of the molecule is Cc1cc(C(=O)N[C@@H](CC(C)C)C(=O)O)cc(Cl)n1. The molecule has 2 N–H and O–H groups in total. The Morgan fingerprint density at radius 3 is 2.53 bits per heavy atom. The summed E-state index contributed by atoms with van der Waals surface area (Å²) >= 11 is 5.77. The molecular weight excluding hydrogens is 268 g/mol. The molecule has 0 bridgehead atoms. The first-order chi connectivity index (χ1) is 8.79. The van der Waals surface area contributed by atoms with Crippen LogP contribution in [-0.4, -0.2) is 28.0 Å². The summed E-state index contributed by atoms with van der Waals surface area (Å²) in [5.74, 6) is -1.33. The molecule has 0 saturated heterocycles. The van der Waals surface area contributed by atoms with Gasteiger partial charge in [0.1, 0.15) is 11.2 Å². The molecule has 1 aromatic heterocycles. The largest absolute Gasteiger partial charge is 0.480 e. The van der Waals surface area contributed by atoms with E-state index in [2.05, 4.69) is 10.3 Å². The summed E-state index contributed by atoms with van der Waals surface area (Å²) in [6.45, 7) is 5.51. The second kappa shape index (κ2) is 6.52. The highest BCUT2D eigenvalue weighted by atomic mass is 35.5. The monoisotopic (exact) mass is 284 g/mol. The van der Waals surface area contributed by atoms with Gasteiger partial charge in [-0.05, 0) is 31.4 Å². The maximum absolute atomic E-state index is 12.0. The molecule has 1 atom stereocenters. The van der Waals surface area contributed by atoms with Crippen molar-refractivity contribution in [2.75, 3.05) is 0 Å². The molecule has 1 amide bonds. The topological polar surface area (TPSA) is 79.3 Å². The zero-order valence-corrected chi connectivity index (χ0v) is 11.9. The minimum Gasteiger partial charge on any atom is -0.480 e. The van der Waals surface area contributed by atoms with Crippen LogP contribution in [0, 0.1) is 12.8 Å². The summed E-state index contributed by atoms with van der Waals surface area (Å²) in [5, 5.41) is 11.8. The van der Waals surface area contributed by atoms with Crippen molar-refractivity contribution in [1.29, 1.82) is 0 Å². The third kappa shape index (κ3) is 4.87. The van der Waals surface area contributed by atoms with E-state index in [0.717, 1.165) is 0 Å². The molecule has 0 aliphatic heterocycles. The van der Waals surface area contributed by atoms with E-state index in [-0.39, 0.29) is 11.1 Å². The molecule has 0 radical (unpaired) electrons. The number of nitrogens with zero attached hydrogens (tertiary/aromatic N) is 1. The van der Waals surface area contributed by atoms with Crippen LogP contribution in [-0.2, 0) is 4.79 Å². The fourth-order valence-corrected chi connectivity index (χ4v) is 1.94. The zero-order valence-electron chi connectivity index (χ0n) is 11.1. The molecule has 0 aliphatic rings. The molecular formula is C13H17ClN2O3. The predicted octanol–water partition coefficient (Wildman–Crippen LogP) is 2.27. The number of aryl methyl sites for hydroxylation is 1. The van der Waals surface area contributed by atoms with Crippen LogP contribution in [0.5, 0.6) is 0 Å². The molecule has 104 valence electrons. The molecule has 0 saturated carbocycles. The molecule has 0 spiro atoms. The number of halogens is 1. The minimum absolute atomic E-state index is 0.171. The Balaban J connectivity index is 2.84. The van der Waals surface area contributed by atoms with Crippen LogP contribution >= 0.6 is 11.6 Å². The molecule has 1 aromatic rings. The van der Waals surface area contributed by atoms with E-state index < -0.39 is 17.9 Å². The van der Waals surface area contributed by atoms with Crippen LogP contribution in [0.2, 0.25) is 5.15 Å². The Morgan fingerprint density at radius 1 is 1.42 bits per heavy atom. The number of hydrogen-bond acceptors (Lipinski definition) is 3. The van der Waals surface area contributed by atoms with E-state index in [9.17, 15) is 9.59 Å². The van der Waals surface area contributed by atoms with Crippen LogP contribution in [0.1, 0.15) is 36.3 Å². The Morgan fingerprint density at radius 2 is 2.05 bits per heavy atom. The number of rotatable bonds is 5. The van der Waals surface area contributed by atoms with Crippen LogP contribution in [0.3, 0.4) is 0 Å². The van der Waals surface area contributed by atoms with Crippen LogP contribution < -0.4 is 5.32 Å². The van der Waals surface area contributed by atoms with Gasteiger partial charge in [0.15, 0.2) is 0 Å². The normalized spacial score (nSPS) is 12.3. The van der Waals surface area contributed by atoms with Crippen molar-refractivity contribution in [3.63, 3.8) is 0 Å². The lowest BCUT2D eigenvalue weighted by molar-refractivity contribution is -0.139. The predicted molar refractivity (Wildman–Crippen MR) is 72.3 cm³/mol. The van der Waals surface area contributed by atoms with E-state index in [1.54, 1.807) is 13.0 Å². The van der Waals surface area contributed by atoms with E-state index in [1.165, 1.54) is 6.07 Å². The van der Waals surface area contributed by atoms with Gasteiger partial charge in [-0.25, -0.2) is 9.78 Å². The summed E-state index contributed by atoms with van der Waals surface area (Å²) in [4.78, 5) is 27.0. The first-order valence-electron chi connectivity index (χ1n) is 5.97. The number of carboxylic acids is 1. The van der Waals surface area contributed by atoms with Crippen molar-refractivity contribution in [2.45, 2.75) is 33.2 Å². The fraction of sp³-hybridized carbons (Fsp3) is 0.462. The number of amides is 1. The summed E-state index contributed by atoms with van der Waals surface area (Å²) in [6.07, 6.45) is 0.374. The van der Waals surface area contributed by atoms with Crippen LogP contribution in [0.15, 0.2) is 12.1 Å². The maximum Gasteiger partial charge on any atom is 0.326 e. The number of hydrogen-bond donors (Lipinski definition) is 2. The molecule has 1 rings (SSSR count). The molecule has 19 heavy (non-hydrogen) atoms. The van der Waals surface area contributed by atoms with Crippen molar-refractivity contribution < 1.29 is 14.7 Å². The Labute approximate surface area is 117 Å². The standard InChI is InChI=1S/C13H17ClN2O3/c1-7(2)4-10(13(18)19)16-12(17)9-5-8(3)15-11(14)6-9/h5-7,10H,4H2,1-3H3,(H,16,17)(H,18,19)/t10-/m0/s1. The van der Waals surface area contributed by atoms with Gasteiger partial charge in [-0.3, -0.25) is 4.79 Å². The molecule has 0 aromatic carbocycles. The van der Waals surface area contributed by atoms with Crippen molar-refractivity contribution >= 4 is 23.5 Å². The van der Waals surface area contributed by atoms with Gasteiger partial charge in [0.05, 0.1) is 0 Å². The van der Waals surface area contributed by atoms with Gasteiger partial charge in [-0.15, -0.1) is 0 Å². The Bertz CT molecular complexity index is 469. The number of carbonyl (C=O) groups excluding carboxylic acids is 1. The molecule has 0 aliphatic carbocycles. The second-order valence-corrected chi connectivity index (χ2v) is 5.20. The van der Waals surface area contributed by atoms with Crippen molar-refractivity contribution in [2.24, 2.45) is 5.92 Å². The van der Waals surface area contributed by atoms with E-state index >= 15 is 0 Å². The average Bonchev–Trinajstić information content (AvgIpc) is 2.25. The highest BCUT2D eigenvalue weighted by molar-refractivity contribution is 6.29. The quantitative estimate of drug-likeness (QED) is 0.813. The fourth-order valence-electron chi connectivity index (χ4n) is 1.69. The van der Waals surface area contributed by atoms with Crippen molar-refractivity contribution in [3.05, 3.63) is 28.5 Å². The van der Waals surface area contributed by atoms with Gasteiger partial charge < -0.3 is 10.4 Å². The highest BCUT2D eigenvalue weighted by Crippen LogP contribution is 2.12. The van der Waals surface area contributed by atoms with Gasteiger partial charge in [0, 0.05) is 11.3 Å². The van der Waals surface area contributed by atoms with Gasteiger partial charge >= 0.3 is 5.97 Å². The summed E-state index contributed by atoms with van der Waals surface area (Å²) < 4.78 is 0. The molecule has 1 heterocycles. The van der Waals surface area contributed by atoms with Gasteiger partial charge in [-0.1, -0.05) is 25.4 Å². The minimum atomic E-state index is -1.04. The number of carboxylic acid groups (broad SMARTS) is 1. The summed E-state index contributed by atoms with van der Waals surface area (Å²) in [6, 6.07) is 2.08. The highest BCUT2D eigenvalue weighted by Gasteiger charge is 2.22. The smallest absolute Gasteiger partial charge is 0.326 e. The number of pyridine rings is 1. The van der Waals surface area contributed by atoms with Crippen LogP contribution in [0.4, 0.5) is 0 Å².